The summed E-state index contributed by atoms with van der Waals surface area (Å²) in [6.07, 6.45) is 4.30. The van der Waals surface area contributed by atoms with Gasteiger partial charge in [-0.05, 0) is 61.4 Å². The fourth-order valence-electron chi connectivity index (χ4n) is 6.14. The molecule has 3 atom stereocenters. The molecule has 0 saturated carbocycles. The summed E-state index contributed by atoms with van der Waals surface area (Å²) in [6, 6.07) is 16.5. The molecular formula is C31H38N4O4. The number of likely N-dealkylation sites (tertiary alicyclic amines) is 2. The Morgan fingerprint density at radius 3 is 2.36 bits per heavy atom. The maximum absolute atomic E-state index is 13.1. The van der Waals surface area contributed by atoms with Gasteiger partial charge in [0, 0.05) is 43.9 Å². The Kier molecular flexibility index (Phi) is 8.29. The van der Waals surface area contributed by atoms with E-state index >= 15 is 0 Å². The number of carbonyl (C=O) groups is 4. The molecular weight excluding hydrogens is 492 g/mol. The standard InChI is InChI=1S/C31H38N4O4/c1-22(13-15-32-31(39)24-9-11-25(12-10-24)33-16-5-6-17-33)19-28(37)34-18-14-26-30(34)27(36)21-35(26)29(38)20-23-7-3-2-4-8-23/h2-4,7-12,22,26,30H,5-6,13-21H2,1H3,(H,32,39). The number of anilines is 1. The van der Waals surface area contributed by atoms with Crippen molar-refractivity contribution in [2.75, 3.05) is 37.6 Å². The molecule has 39 heavy (non-hydrogen) atoms. The predicted octanol–water partition coefficient (Wildman–Crippen LogP) is 3.06. The lowest BCUT2D eigenvalue weighted by Gasteiger charge is -2.25. The number of ketones is 1. The summed E-state index contributed by atoms with van der Waals surface area (Å²) < 4.78 is 0. The van der Waals surface area contributed by atoms with Crippen LogP contribution in [0.5, 0.6) is 0 Å². The van der Waals surface area contributed by atoms with Gasteiger partial charge in [-0.15, -0.1) is 0 Å². The number of hydrogen-bond acceptors (Lipinski definition) is 5. The Morgan fingerprint density at radius 1 is 0.923 bits per heavy atom. The molecule has 3 heterocycles. The monoisotopic (exact) mass is 530 g/mol. The fraction of sp³-hybridized carbons (Fsp3) is 0.484. The first kappa shape index (κ1) is 26.9. The first-order valence-electron chi connectivity index (χ1n) is 14.2. The van der Waals surface area contributed by atoms with Crippen LogP contribution in [0, 0.1) is 5.92 Å². The van der Waals surface area contributed by atoms with Gasteiger partial charge in [-0.2, -0.15) is 0 Å². The molecule has 0 bridgehead atoms. The molecule has 8 nitrogen and oxygen atoms in total. The largest absolute Gasteiger partial charge is 0.372 e. The van der Waals surface area contributed by atoms with E-state index in [4.69, 9.17) is 0 Å². The van der Waals surface area contributed by atoms with Gasteiger partial charge in [0.1, 0.15) is 6.04 Å². The molecule has 2 aromatic carbocycles. The van der Waals surface area contributed by atoms with Crippen molar-refractivity contribution >= 4 is 29.2 Å². The zero-order valence-electron chi connectivity index (χ0n) is 22.7. The summed E-state index contributed by atoms with van der Waals surface area (Å²) in [4.78, 5) is 57.2. The molecule has 0 spiro atoms. The molecule has 3 fully saturated rings. The van der Waals surface area contributed by atoms with E-state index in [9.17, 15) is 19.2 Å². The molecule has 5 rings (SSSR count). The van der Waals surface area contributed by atoms with Crippen molar-refractivity contribution in [3.63, 3.8) is 0 Å². The molecule has 8 heteroatoms. The molecule has 2 aromatic rings. The van der Waals surface area contributed by atoms with Crippen LogP contribution in [0.1, 0.15) is 54.9 Å². The molecule has 0 aliphatic carbocycles. The van der Waals surface area contributed by atoms with Crippen LogP contribution in [0.25, 0.3) is 0 Å². The summed E-state index contributed by atoms with van der Waals surface area (Å²) in [5.41, 5.74) is 2.71. The molecule has 206 valence electrons. The lowest BCUT2D eigenvalue weighted by molar-refractivity contribution is -0.137. The molecule has 0 radical (unpaired) electrons. The lowest BCUT2D eigenvalue weighted by Crippen LogP contribution is -2.44. The number of benzene rings is 2. The van der Waals surface area contributed by atoms with E-state index in [2.05, 4.69) is 10.2 Å². The third kappa shape index (κ3) is 6.15. The van der Waals surface area contributed by atoms with E-state index in [-0.39, 0.29) is 48.4 Å². The van der Waals surface area contributed by atoms with Crippen LogP contribution in [0.4, 0.5) is 5.69 Å². The van der Waals surface area contributed by atoms with Crippen molar-refractivity contribution in [1.82, 2.24) is 15.1 Å². The average molecular weight is 531 g/mol. The van der Waals surface area contributed by atoms with Crippen molar-refractivity contribution in [2.24, 2.45) is 5.92 Å². The van der Waals surface area contributed by atoms with Crippen LogP contribution >= 0.6 is 0 Å². The maximum atomic E-state index is 13.1. The lowest BCUT2D eigenvalue weighted by atomic mass is 10.0. The number of fused-ring (bicyclic) bond motifs is 1. The van der Waals surface area contributed by atoms with Crippen LogP contribution in [0.3, 0.4) is 0 Å². The number of carbonyl (C=O) groups excluding carboxylic acids is 4. The average Bonchev–Trinajstić information content (AvgIpc) is 3.68. The highest BCUT2D eigenvalue weighted by Gasteiger charge is 2.51. The Hall–Kier alpha value is -3.68. The summed E-state index contributed by atoms with van der Waals surface area (Å²) in [5, 5.41) is 2.97. The van der Waals surface area contributed by atoms with Gasteiger partial charge in [0.2, 0.25) is 11.8 Å². The Bertz CT molecular complexity index is 1190. The van der Waals surface area contributed by atoms with Crippen molar-refractivity contribution in [3.05, 3.63) is 65.7 Å². The number of amides is 3. The third-order valence-corrected chi connectivity index (χ3v) is 8.31. The van der Waals surface area contributed by atoms with Gasteiger partial charge in [-0.25, -0.2) is 0 Å². The van der Waals surface area contributed by atoms with E-state index in [1.54, 1.807) is 9.80 Å². The van der Waals surface area contributed by atoms with Gasteiger partial charge >= 0.3 is 0 Å². The quantitative estimate of drug-likeness (QED) is 0.538. The first-order valence-corrected chi connectivity index (χ1v) is 14.2. The molecule has 3 saturated heterocycles. The minimum atomic E-state index is -0.535. The fourth-order valence-corrected chi connectivity index (χ4v) is 6.14. The second-order valence-corrected chi connectivity index (χ2v) is 11.1. The Labute approximate surface area is 230 Å². The molecule has 3 amide bonds. The van der Waals surface area contributed by atoms with Gasteiger partial charge < -0.3 is 20.0 Å². The van der Waals surface area contributed by atoms with E-state index in [0.717, 1.165) is 24.3 Å². The van der Waals surface area contributed by atoms with Crippen molar-refractivity contribution in [3.8, 4) is 0 Å². The maximum Gasteiger partial charge on any atom is 0.251 e. The van der Waals surface area contributed by atoms with Crippen molar-refractivity contribution < 1.29 is 19.2 Å². The number of hydrogen-bond donors (Lipinski definition) is 1. The van der Waals surface area contributed by atoms with Gasteiger partial charge in [0.05, 0.1) is 19.0 Å². The van der Waals surface area contributed by atoms with Gasteiger partial charge in [0.25, 0.3) is 5.91 Å². The van der Waals surface area contributed by atoms with E-state index < -0.39 is 6.04 Å². The summed E-state index contributed by atoms with van der Waals surface area (Å²) in [5.74, 6) is -0.221. The van der Waals surface area contributed by atoms with E-state index in [1.165, 1.54) is 12.8 Å². The summed E-state index contributed by atoms with van der Waals surface area (Å²) in [6.45, 7) is 5.18. The topological polar surface area (TPSA) is 90.0 Å². The number of Topliss-reactive ketones (excluding diaryl/α,β-unsaturated/α-hetero) is 1. The predicted molar refractivity (Wildman–Crippen MR) is 149 cm³/mol. The van der Waals surface area contributed by atoms with Crippen molar-refractivity contribution in [2.45, 2.75) is 57.5 Å². The molecule has 0 aromatic heterocycles. The number of rotatable bonds is 9. The molecule has 3 aliphatic rings. The smallest absolute Gasteiger partial charge is 0.251 e. The number of nitrogens with zero attached hydrogens (tertiary/aromatic N) is 3. The van der Waals surface area contributed by atoms with Crippen LogP contribution < -0.4 is 10.2 Å². The van der Waals surface area contributed by atoms with Crippen LogP contribution in [0.15, 0.2) is 54.6 Å². The zero-order chi connectivity index (χ0) is 27.4. The minimum Gasteiger partial charge on any atom is -0.372 e. The summed E-state index contributed by atoms with van der Waals surface area (Å²) >= 11 is 0. The zero-order valence-corrected chi connectivity index (χ0v) is 22.7. The minimum absolute atomic E-state index is 0.0514. The highest BCUT2D eigenvalue weighted by atomic mass is 16.2. The SMILES string of the molecule is CC(CCNC(=O)c1ccc(N2CCCC2)cc1)CC(=O)N1CCC2C1C(=O)CN2C(=O)Cc1ccccc1. The first-order chi connectivity index (χ1) is 18.9. The van der Waals surface area contributed by atoms with Gasteiger partial charge in [-0.3, -0.25) is 19.2 Å². The van der Waals surface area contributed by atoms with Crippen LogP contribution in [-0.2, 0) is 20.8 Å². The Morgan fingerprint density at radius 2 is 1.64 bits per heavy atom. The second kappa shape index (κ2) is 12.0. The normalized spacial score (nSPS) is 21.3. The molecule has 3 aliphatic heterocycles. The molecule has 3 unspecified atom stereocenters. The number of nitrogens with one attached hydrogen (secondary N) is 1. The van der Waals surface area contributed by atoms with Gasteiger partial charge in [0.15, 0.2) is 5.78 Å². The second-order valence-electron chi connectivity index (χ2n) is 11.1. The third-order valence-electron chi connectivity index (χ3n) is 8.31. The van der Waals surface area contributed by atoms with Crippen molar-refractivity contribution in [1.29, 1.82) is 0 Å². The summed E-state index contributed by atoms with van der Waals surface area (Å²) in [7, 11) is 0. The van der Waals surface area contributed by atoms with Crippen LogP contribution in [0.2, 0.25) is 0 Å². The van der Waals surface area contributed by atoms with Gasteiger partial charge in [-0.1, -0.05) is 37.3 Å². The van der Waals surface area contributed by atoms with E-state index in [1.807, 2.05) is 61.5 Å². The highest BCUT2D eigenvalue weighted by molar-refractivity contribution is 5.98. The Balaban J connectivity index is 1.07. The highest BCUT2D eigenvalue weighted by Crippen LogP contribution is 2.31. The van der Waals surface area contributed by atoms with Crippen LogP contribution in [-0.4, -0.2) is 78.1 Å². The molecule has 1 N–H and O–H groups in total. The van der Waals surface area contributed by atoms with E-state index in [0.29, 0.717) is 37.9 Å².